The molecule has 0 spiro atoms. The van der Waals surface area contributed by atoms with Gasteiger partial charge in [-0.1, -0.05) is 18.2 Å². The maximum atomic E-state index is 11.5. The summed E-state index contributed by atoms with van der Waals surface area (Å²) in [5.41, 5.74) is 0.676. The van der Waals surface area contributed by atoms with Crippen molar-refractivity contribution in [2.24, 2.45) is 0 Å². The van der Waals surface area contributed by atoms with Gasteiger partial charge in [0.25, 0.3) is 0 Å². The first-order valence-corrected chi connectivity index (χ1v) is 5.02. The molecule has 0 heterocycles. The topological polar surface area (TPSA) is 50.4 Å². The quantitative estimate of drug-likeness (QED) is 0.563. The van der Waals surface area contributed by atoms with E-state index in [4.69, 9.17) is 4.74 Å². The summed E-state index contributed by atoms with van der Waals surface area (Å²) in [7, 11) is 1.57. The van der Waals surface area contributed by atoms with Gasteiger partial charge < -0.3 is 15.4 Å². The van der Waals surface area contributed by atoms with Crippen LogP contribution in [0, 0.1) is 0 Å². The molecule has 1 rings (SSSR count). The van der Waals surface area contributed by atoms with Crippen LogP contribution in [0.15, 0.2) is 36.9 Å². The van der Waals surface area contributed by atoms with Crippen molar-refractivity contribution in [2.45, 2.75) is 0 Å². The van der Waals surface area contributed by atoms with Gasteiger partial charge in [-0.3, -0.25) is 4.79 Å². The van der Waals surface area contributed by atoms with Crippen molar-refractivity contribution in [3.05, 3.63) is 36.9 Å². The summed E-state index contributed by atoms with van der Waals surface area (Å²) in [6.45, 7) is 4.42. The average Bonchev–Trinajstić information content (AvgIpc) is 2.30. The molecule has 16 heavy (non-hydrogen) atoms. The van der Waals surface area contributed by atoms with Crippen LogP contribution in [0.25, 0.3) is 0 Å². The number of ether oxygens (including phenoxy) is 1. The van der Waals surface area contributed by atoms with Crippen LogP contribution in [-0.2, 0) is 4.79 Å². The Morgan fingerprint density at radius 2 is 2.25 bits per heavy atom. The number of methoxy groups -OCH3 is 1. The third kappa shape index (κ3) is 3.74. The molecule has 1 aromatic rings. The molecule has 0 aliphatic carbocycles. The fourth-order valence-corrected chi connectivity index (χ4v) is 1.23. The van der Waals surface area contributed by atoms with E-state index in [-0.39, 0.29) is 12.5 Å². The lowest BCUT2D eigenvalue weighted by molar-refractivity contribution is -0.115. The first-order chi connectivity index (χ1) is 7.77. The van der Waals surface area contributed by atoms with Gasteiger partial charge in [0.1, 0.15) is 5.75 Å². The van der Waals surface area contributed by atoms with Crippen LogP contribution in [-0.4, -0.2) is 26.1 Å². The van der Waals surface area contributed by atoms with Crippen molar-refractivity contribution in [2.75, 3.05) is 25.5 Å². The van der Waals surface area contributed by atoms with Gasteiger partial charge in [0, 0.05) is 6.54 Å². The van der Waals surface area contributed by atoms with Crippen LogP contribution in [0.1, 0.15) is 0 Å². The highest BCUT2D eigenvalue weighted by Gasteiger charge is 2.05. The lowest BCUT2D eigenvalue weighted by Crippen LogP contribution is -2.28. The summed E-state index contributed by atoms with van der Waals surface area (Å²) in [5, 5.41) is 5.68. The molecule has 0 bridgehead atoms. The first-order valence-electron chi connectivity index (χ1n) is 5.02. The second-order valence-electron chi connectivity index (χ2n) is 3.17. The highest BCUT2D eigenvalue weighted by atomic mass is 16.5. The van der Waals surface area contributed by atoms with Gasteiger partial charge in [-0.25, -0.2) is 0 Å². The third-order valence-electron chi connectivity index (χ3n) is 1.96. The summed E-state index contributed by atoms with van der Waals surface area (Å²) < 4.78 is 5.12. The van der Waals surface area contributed by atoms with E-state index >= 15 is 0 Å². The molecule has 0 atom stereocenters. The summed E-state index contributed by atoms with van der Waals surface area (Å²) in [6.07, 6.45) is 1.70. The fourth-order valence-electron chi connectivity index (χ4n) is 1.23. The maximum absolute atomic E-state index is 11.5. The monoisotopic (exact) mass is 220 g/mol. The van der Waals surface area contributed by atoms with Crippen molar-refractivity contribution in [3.8, 4) is 5.75 Å². The van der Waals surface area contributed by atoms with Crippen LogP contribution in [0.4, 0.5) is 5.69 Å². The van der Waals surface area contributed by atoms with Crippen LogP contribution < -0.4 is 15.4 Å². The number of amides is 1. The largest absolute Gasteiger partial charge is 0.495 e. The highest BCUT2D eigenvalue weighted by Crippen LogP contribution is 2.22. The average molecular weight is 220 g/mol. The maximum Gasteiger partial charge on any atom is 0.238 e. The highest BCUT2D eigenvalue weighted by molar-refractivity contribution is 5.93. The molecular formula is C12H16N2O2. The minimum absolute atomic E-state index is 0.105. The number of benzene rings is 1. The Hall–Kier alpha value is -1.81. The van der Waals surface area contributed by atoms with Crippen molar-refractivity contribution < 1.29 is 9.53 Å². The summed E-state index contributed by atoms with van der Waals surface area (Å²) in [4.78, 5) is 11.5. The van der Waals surface area contributed by atoms with E-state index in [1.807, 2.05) is 12.1 Å². The normalized spacial score (nSPS) is 9.56. The van der Waals surface area contributed by atoms with Gasteiger partial charge >= 0.3 is 0 Å². The number of carbonyl (C=O) groups excluding carboxylic acids is 1. The number of anilines is 1. The Labute approximate surface area is 95.3 Å². The van der Waals surface area contributed by atoms with Gasteiger partial charge in [0.15, 0.2) is 0 Å². The Kier molecular flexibility index (Phi) is 5.08. The molecule has 0 saturated carbocycles. The lowest BCUT2D eigenvalue weighted by atomic mass is 10.3. The number of hydrogen-bond acceptors (Lipinski definition) is 3. The van der Waals surface area contributed by atoms with E-state index in [0.29, 0.717) is 18.0 Å². The van der Waals surface area contributed by atoms with E-state index in [0.717, 1.165) is 0 Å². The predicted molar refractivity (Wildman–Crippen MR) is 64.7 cm³/mol. The molecule has 4 heteroatoms. The van der Waals surface area contributed by atoms with Gasteiger partial charge in [-0.05, 0) is 12.1 Å². The van der Waals surface area contributed by atoms with E-state index in [9.17, 15) is 4.79 Å². The zero-order valence-corrected chi connectivity index (χ0v) is 9.32. The number of hydrogen-bond donors (Lipinski definition) is 2. The molecule has 0 fully saturated rings. The second-order valence-corrected chi connectivity index (χ2v) is 3.17. The molecule has 0 saturated heterocycles. The zero-order chi connectivity index (χ0) is 11.8. The summed E-state index contributed by atoms with van der Waals surface area (Å²) in [5.74, 6) is 0.547. The Balaban J connectivity index is 2.52. The standard InChI is InChI=1S/C12H16N2O2/c1-3-8-13-9-12(15)14-10-6-4-5-7-11(10)16-2/h3-7,13H,1,8-9H2,2H3,(H,14,15). The molecule has 1 amide bonds. The van der Waals surface area contributed by atoms with E-state index in [1.54, 1.807) is 25.3 Å². The molecule has 0 aliphatic rings. The molecule has 2 N–H and O–H groups in total. The molecular weight excluding hydrogens is 204 g/mol. The van der Waals surface area contributed by atoms with E-state index in [2.05, 4.69) is 17.2 Å². The molecule has 0 unspecified atom stereocenters. The number of nitrogens with one attached hydrogen (secondary N) is 2. The molecule has 4 nitrogen and oxygen atoms in total. The minimum Gasteiger partial charge on any atom is -0.495 e. The summed E-state index contributed by atoms with van der Waals surface area (Å²) in [6, 6.07) is 7.29. The third-order valence-corrected chi connectivity index (χ3v) is 1.96. The van der Waals surface area contributed by atoms with Crippen LogP contribution in [0.5, 0.6) is 5.75 Å². The Bertz CT molecular complexity index is 364. The van der Waals surface area contributed by atoms with Crippen LogP contribution in [0.2, 0.25) is 0 Å². The Morgan fingerprint density at radius 3 is 2.94 bits per heavy atom. The smallest absolute Gasteiger partial charge is 0.238 e. The van der Waals surface area contributed by atoms with Crippen molar-refractivity contribution >= 4 is 11.6 Å². The van der Waals surface area contributed by atoms with Crippen molar-refractivity contribution in [3.63, 3.8) is 0 Å². The molecule has 0 aromatic heterocycles. The van der Waals surface area contributed by atoms with Crippen LogP contribution >= 0.6 is 0 Å². The molecule has 1 aromatic carbocycles. The first kappa shape index (κ1) is 12.3. The minimum atomic E-state index is -0.105. The lowest BCUT2D eigenvalue weighted by Gasteiger charge is -2.09. The van der Waals surface area contributed by atoms with Gasteiger partial charge in [-0.15, -0.1) is 6.58 Å². The number of rotatable bonds is 6. The van der Waals surface area contributed by atoms with E-state index in [1.165, 1.54) is 0 Å². The van der Waals surface area contributed by atoms with Crippen molar-refractivity contribution in [1.29, 1.82) is 0 Å². The van der Waals surface area contributed by atoms with E-state index < -0.39 is 0 Å². The van der Waals surface area contributed by atoms with Crippen molar-refractivity contribution in [1.82, 2.24) is 5.32 Å². The number of carbonyl (C=O) groups is 1. The molecule has 0 aliphatic heterocycles. The Morgan fingerprint density at radius 1 is 1.50 bits per heavy atom. The molecule has 86 valence electrons. The fraction of sp³-hybridized carbons (Fsp3) is 0.250. The second kappa shape index (κ2) is 6.63. The molecule has 0 radical (unpaired) electrons. The van der Waals surface area contributed by atoms with Gasteiger partial charge in [-0.2, -0.15) is 0 Å². The number of para-hydroxylation sites is 2. The van der Waals surface area contributed by atoms with Gasteiger partial charge in [0.05, 0.1) is 19.3 Å². The van der Waals surface area contributed by atoms with Gasteiger partial charge in [0.2, 0.25) is 5.91 Å². The SMILES string of the molecule is C=CCNCC(=O)Nc1ccccc1OC. The van der Waals surface area contributed by atoms with Crippen LogP contribution in [0.3, 0.4) is 0 Å². The zero-order valence-electron chi connectivity index (χ0n) is 9.32. The predicted octanol–water partition coefficient (Wildman–Crippen LogP) is 1.41. The summed E-state index contributed by atoms with van der Waals surface area (Å²) >= 11 is 0.